The van der Waals surface area contributed by atoms with Crippen molar-refractivity contribution in [2.24, 2.45) is 7.05 Å². The van der Waals surface area contributed by atoms with Gasteiger partial charge in [0.25, 0.3) is 0 Å². The summed E-state index contributed by atoms with van der Waals surface area (Å²) in [6.45, 7) is 0. The average Bonchev–Trinajstić information content (AvgIpc) is 2.83. The second-order valence-electron chi connectivity index (χ2n) is 4.22. The van der Waals surface area contributed by atoms with E-state index in [2.05, 4.69) is 26.2 Å². The molecule has 0 bridgehead atoms. The first-order valence-corrected chi connectivity index (χ1v) is 6.86. The second-order valence-corrected chi connectivity index (χ2v) is 4.97. The van der Waals surface area contributed by atoms with Crippen molar-refractivity contribution >= 4 is 15.9 Å². The van der Waals surface area contributed by atoms with Crippen LogP contribution in [0.1, 0.15) is 17.4 Å². The quantitative estimate of drug-likeness (QED) is 0.876. The van der Waals surface area contributed by atoms with E-state index < -0.39 is 6.10 Å². The molecule has 0 spiro atoms. The maximum absolute atomic E-state index is 10.6. The maximum atomic E-state index is 10.6. The Kier molecular flexibility index (Phi) is 4.69. The van der Waals surface area contributed by atoms with Gasteiger partial charge in [0.05, 0.1) is 21.3 Å². The highest BCUT2D eigenvalue weighted by Crippen LogP contribution is 2.43. The number of ether oxygens (including phenoxy) is 3. The number of nitrogens with zero attached hydrogens (tertiary/aromatic N) is 3. The molecule has 0 saturated carbocycles. The minimum absolute atomic E-state index is 0.400. The Labute approximate surface area is 130 Å². The monoisotopic (exact) mass is 357 g/mol. The van der Waals surface area contributed by atoms with Crippen LogP contribution in [-0.2, 0) is 7.05 Å². The van der Waals surface area contributed by atoms with Crippen LogP contribution < -0.4 is 14.2 Å². The summed E-state index contributed by atoms with van der Waals surface area (Å²) in [4.78, 5) is 0. The van der Waals surface area contributed by atoms with Crippen LogP contribution >= 0.6 is 15.9 Å². The van der Waals surface area contributed by atoms with Crippen molar-refractivity contribution in [2.75, 3.05) is 21.3 Å². The normalized spacial score (nSPS) is 12.1. The fourth-order valence-electron chi connectivity index (χ4n) is 2.12. The molecule has 1 unspecified atom stereocenters. The summed E-state index contributed by atoms with van der Waals surface area (Å²) >= 11 is 3.27. The fraction of sp³-hybridized carbons (Fsp3) is 0.385. The summed E-state index contributed by atoms with van der Waals surface area (Å²) in [6.07, 6.45) is -0.978. The summed E-state index contributed by atoms with van der Waals surface area (Å²) in [5.74, 6) is 1.34. The number of aliphatic hydroxyl groups is 1. The average molecular weight is 358 g/mol. The fourth-order valence-corrected chi connectivity index (χ4v) is 2.66. The lowest BCUT2D eigenvalue weighted by molar-refractivity contribution is 0.201. The Morgan fingerprint density at radius 3 is 2.29 bits per heavy atom. The van der Waals surface area contributed by atoms with E-state index in [1.807, 2.05) is 0 Å². The number of aryl methyl sites for hydroxylation is 1. The van der Waals surface area contributed by atoms with Gasteiger partial charge in [0, 0.05) is 12.6 Å². The van der Waals surface area contributed by atoms with E-state index >= 15 is 0 Å². The van der Waals surface area contributed by atoms with Gasteiger partial charge in [-0.1, -0.05) is 5.21 Å². The van der Waals surface area contributed by atoms with E-state index in [1.54, 1.807) is 19.2 Å². The van der Waals surface area contributed by atoms with Crippen molar-refractivity contribution in [2.45, 2.75) is 6.10 Å². The van der Waals surface area contributed by atoms with Gasteiger partial charge in [0.15, 0.2) is 16.1 Å². The van der Waals surface area contributed by atoms with Gasteiger partial charge in [0.1, 0.15) is 11.8 Å². The molecule has 21 heavy (non-hydrogen) atoms. The molecule has 0 aliphatic carbocycles. The summed E-state index contributed by atoms with van der Waals surface area (Å²) in [7, 11) is 6.25. The van der Waals surface area contributed by atoms with Gasteiger partial charge in [-0.25, -0.2) is 4.68 Å². The number of benzene rings is 1. The predicted molar refractivity (Wildman–Crippen MR) is 78.9 cm³/mol. The molecule has 2 aromatic rings. The van der Waals surface area contributed by atoms with E-state index in [0.29, 0.717) is 33.1 Å². The molecular formula is C13H16BrN3O4. The van der Waals surface area contributed by atoms with Crippen molar-refractivity contribution in [3.8, 4) is 17.2 Å². The Bertz CT molecular complexity index is 625. The number of rotatable bonds is 5. The van der Waals surface area contributed by atoms with Gasteiger partial charge in [-0.15, -0.1) is 5.10 Å². The van der Waals surface area contributed by atoms with Gasteiger partial charge in [-0.2, -0.15) is 0 Å². The Balaban J connectivity index is 2.58. The van der Waals surface area contributed by atoms with Crippen LogP contribution in [0, 0.1) is 0 Å². The molecule has 1 aromatic heterocycles. The zero-order valence-electron chi connectivity index (χ0n) is 12.1. The molecule has 1 heterocycles. The van der Waals surface area contributed by atoms with Crippen LogP contribution in [0.15, 0.2) is 16.7 Å². The molecule has 1 aromatic carbocycles. The summed E-state index contributed by atoms with van der Waals surface area (Å²) in [6, 6.07) is 3.42. The Hall–Kier alpha value is -1.80. The zero-order chi connectivity index (χ0) is 15.6. The third kappa shape index (κ3) is 2.68. The van der Waals surface area contributed by atoms with Crippen molar-refractivity contribution in [1.29, 1.82) is 0 Å². The van der Waals surface area contributed by atoms with Gasteiger partial charge in [0.2, 0.25) is 5.75 Å². The Morgan fingerprint density at radius 2 is 1.81 bits per heavy atom. The number of hydrogen-bond acceptors (Lipinski definition) is 6. The van der Waals surface area contributed by atoms with Crippen LogP contribution in [0.25, 0.3) is 0 Å². The molecule has 7 nitrogen and oxygen atoms in total. The van der Waals surface area contributed by atoms with Crippen LogP contribution in [0.5, 0.6) is 17.2 Å². The second kappa shape index (κ2) is 6.31. The highest BCUT2D eigenvalue weighted by molar-refractivity contribution is 9.10. The number of hydrogen-bond donors (Lipinski definition) is 1. The molecule has 1 atom stereocenters. The van der Waals surface area contributed by atoms with Gasteiger partial charge in [-0.05, 0) is 28.1 Å². The van der Waals surface area contributed by atoms with Crippen LogP contribution in [0.3, 0.4) is 0 Å². The minimum Gasteiger partial charge on any atom is -0.493 e. The lowest BCUT2D eigenvalue weighted by Crippen LogP contribution is -2.09. The summed E-state index contributed by atoms with van der Waals surface area (Å²) in [5.41, 5.74) is 1.04. The van der Waals surface area contributed by atoms with Gasteiger partial charge >= 0.3 is 0 Å². The SMILES string of the molecule is COc1ccc(C(O)c2c(Br)nnn2C)c(OC)c1OC. The van der Waals surface area contributed by atoms with E-state index in [-0.39, 0.29) is 0 Å². The minimum atomic E-state index is -0.978. The summed E-state index contributed by atoms with van der Waals surface area (Å²) in [5, 5.41) is 18.4. The van der Waals surface area contributed by atoms with E-state index in [0.717, 1.165) is 0 Å². The molecule has 0 radical (unpaired) electrons. The first-order chi connectivity index (χ1) is 10.0. The van der Waals surface area contributed by atoms with E-state index in [1.165, 1.54) is 26.0 Å². The summed E-state index contributed by atoms with van der Waals surface area (Å²) < 4.78 is 17.9. The number of aliphatic hydroxyl groups excluding tert-OH is 1. The number of methoxy groups -OCH3 is 3. The highest BCUT2D eigenvalue weighted by atomic mass is 79.9. The zero-order valence-corrected chi connectivity index (χ0v) is 13.7. The van der Waals surface area contributed by atoms with E-state index in [9.17, 15) is 5.11 Å². The van der Waals surface area contributed by atoms with Gasteiger partial charge < -0.3 is 19.3 Å². The predicted octanol–water partition coefficient (Wildman–Crippen LogP) is 1.69. The molecule has 2 rings (SSSR count). The molecule has 0 saturated heterocycles. The van der Waals surface area contributed by atoms with Crippen LogP contribution in [0.4, 0.5) is 0 Å². The molecule has 0 amide bonds. The lowest BCUT2D eigenvalue weighted by Gasteiger charge is -2.19. The van der Waals surface area contributed by atoms with Crippen LogP contribution in [-0.4, -0.2) is 41.4 Å². The topological polar surface area (TPSA) is 78.6 Å². The molecule has 1 N–H and O–H groups in total. The molecule has 8 heteroatoms. The standard InChI is InChI=1S/C13H16BrN3O4/c1-17-9(13(14)15-16-17)10(18)7-5-6-8(19-2)12(21-4)11(7)20-3/h5-6,10,18H,1-4H3. The highest BCUT2D eigenvalue weighted by Gasteiger charge is 2.26. The van der Waals surface area contributed by atoms with Crippen molar-refractivity contribution in [1.82, 2.24) is 15.0 Å². The van der Waals surface area contributed by atoms with Crippen molar-refractivity contribution in [3.63, 3.8) is 0 Å². The first kappa shape index (κ1) is 15.6. The number of halogens is 1. The largest absolute Gasteiger partial charge is 0.493 e. The first-order valence-electron chi connectivity index (χ1n) is 6.07. The smallest absolute Gasteiger partial charge is 0.203 e. The number of aromatic nitrogens is 3. The molecule has 114 valence electrons. The van der Waals surface area contributed by atoms with Crippen molar-refractivity contribution in [3.05, 3.63) is 28.0 Å². The Morgan fingerprint density at radius 1 is 1.14 bits per heavy atom. The molecule has 0 aliphatic heterocycles. The van der Waals surface area contributed by atoms with Crippen LogP contribution in [0.2, 0.25) is 0 Å². The molecule has 0 fully saturated rings. The third-order valence-electron chi connectivity index (χ3n) is 3.11. The van der Waals surface area contributed by atoms with Gasteiger partial charge in [-0.3, -0.25) is 0 Å². The maximum Gasteiger partial charge on any atom is 0.203 e. The van der Waals surface area contributed by atoms with Crippen molar-refractivity contribution < 1.29 is 19.3 Å². The molecular weight excluding hydrogens is 342 g/mol. The lowest BCUT2D eigenvalue weighted by atomic mass is 10.0. The van der Waals surface area contributed by atoms with E-state index in [4.69, 9.17) is 14.2 Å². The third-order valence-corrected chi connectivity index (χ3v) is 3.68. The molecule has 0 aliphatic rings.